The average Bonchev–Trinajstić information content (AvgIpc) is 2.73. The highest BCUT2D eigenvalue weighted by molar-refractivity contribution is 5.96. The molecule has 3 heterocycles. The summed E-state index contributed by atoms with van der Waals surface area (Å²) in [4.78, 5) is 20.1. The van der Waals surface area contributed by atoms with Crippen molar-refractivity contribution >= 4 is 34.3 Å². The van der Waals surface area contributed by atoms with E-state index in [1.54, 1.807) is 18.2 Å². The Bertz CT molecular complexity index is 1220. The molecule has 0 radical (unpaired) electrons. The first-order valence-corrected chi connectivity index (χ1v) is 11.4. The van der Waals surface area contributed by atoms with Crippen molar-refractivity contribution in [2.45, 2.75) is 38.6 Å². The van der Waals surface area contributed by atoms with E-state index in [1.165, 1.54) is 11.1 Å². The van der Waals surface area contributed by atoms with Crippen molar-refractivity contribution in [3.8, 4) is 5.75 Å². The number of aromatic hydroxyl groups is 1. The highest BCUT2D eigenvalue weighted by Gasteiger charge is 2.34. The van der Waals surface area contributed by atoms with Gasteiger partial charge in [-0.2, -0.15) is 4.98 Å². The van der Waals surface area contributed by atoms with Crippen LogP contribution in [0.2, 0.25) is 0 Å². The Labute approximate surface area is 193 Å². The number of para-hydroxylation sites is 1. The van der Waals surface area contributed by atoms with Gasteiger partial charge in [0.1, 0.15) is 22.9 Å². The zero-order valence-corrected chi connectivity index (χ0v) is 19.0. The molecule has 1 saturated carbocycles. The fraction of sp³-hybridized carbons (Fsp3) is 0.417. The molecular weight excluding hydrogens is 416 g/mol. The summed E-state index contributed by atoms with van der Waals surface area (Å²) >= 11 is 0. The van der Waals surface area contributed by atoms with Crippen LogP contribution < -0.4 is 21.7 Å². The molecular formula is C24H30N8O. The SMILES string of the molecule is Cc1cc(C2CC(C(N)=Nc3nc(N)nc4c(O)cccc34)C2)cnc1N1CCNC(C)C1. The molecule has 2 aromatic heterocycles. The van der Waals surface area contributed by atoms with Crippen LogP contribution in [0.1, 0.15) is 36.8 Å². The van der Waals surface area contributed by atoms with Gasteiger partial charge in [-0.3, -0.25) is 0 Å². The van der Waals surface area contributed by atoms with Gasteiger partial charge in [0.2, 0.25) is 5.95 Å². The van der Waals surface area contributed by atoms with Crippen LogP contribution in [0.3, 0.4) is 0 Å². The molecule has 9 heteroatoms. The van der Waals surface area contributed by atoms with Crippen LogP contribution in [-0.4, -0.2) is 51.6 Å². The van der Waals surface area contributed by atoms with E-state index in [9.17, 15) is 5.11 Å². The summed E-state index contributed by atoms with van der Waals surface area (Å²) < 4.78 is 0. The van der Waals surface area contributed by atoms with Gasteiger partial charge in [-0.05, 0) is 55.9 Å². The largest absolute Gasteiger partial charge is 0.506 e. The van der Waals surface area contributed by atoms with Gasteiger partial charge in [-0.15, -0.1) is 0 Å². The maximum absolute atomic E-state index is 10.1. The zero-order chi connectivity index (χ0) is 23.1. The second-order valence-corrected chi connectivity index (χ2v) is 9.19. The summed E-state index contributed by atoms with van der Waals surface area (Å²) in [7, 11) is 0. The molecule has 1 unspecified atom stereocenters. The Morgan fingerprint density at radius 1 is 1.27 bits per heavy atom. The molecule has 1 aromatic carbocycles. The first-order chi connectivity index (χ1) is 15.9. The number of phenols is 1. The summed E-state index contributed by atoms with van der Waals surface area (Å²) in [5.41, 5.74) is 15.0. The van der Waals surface area contributed by atoms with Crippen LogP contribution in [-0.2, 0) is 0 Å². The lowest BCUT2D eigenvalue weighted by atomic mass is 9.71. The molecule has 6 N–H and O–H groups in total. The van der Waals surface area contributed by atoms with Gasteiger partial charge in [0.25, 0.3) is 0 Å². The second-order valence-electron chi connectivity index (χ2n) is 9.19. The van der Waals surface area contributed by atoms with Gasteiger partial charge in [0.05, 0.1) is 0 Å². The number of hydrogen-bond donors (Lipinski definition) is 4. The molecule has 1 saturated heterocycles. The van der Waals surface area contributed by atoms with Crippen molar-refractivity contribution in [1.29, 1.82) is 0 Å². The number of aryl methyl sites for hydroxylation is 1. The van der Waals surface area contributed by atoms with Gasteiger partial charge in [-0.1, -0.05) is 12.1 Å². The Kier molecular flexibility index (Phi) is 5.49. The van der Waals surface area contributed by atoms with Crippen molar-refractivity contribution in [1.82, 2.24) is 20.3 Å². The van der Waals surface area contributed by atoms with Crippen molar-refractivity contribution in [2.24, 2.45) is 16.6 Å². The highest BCUT2D eigenvalue weighted by atomic mass is 16.3. The molecule has 2 aliphatic rings. The summed E-state index contributed by atoms with van der Waals surface area (Å²) in [5.74, 6) is 2.70. The number of fused-ring (bicyclic) bond motifs is 1. The second kappa shape index (κ2) is 8.47. The van der Waals surface area contributed by atoms with Crippen LogP contribution in [0, 0.1) is 12.8 Å². The molecule has 172 valence electrons. The van der Waals surface area contributed by atoms with Gasteiger partial charge >= 0.3 is 0 Å². The Hall–Kier alpha value is -3.46. The number of amidine groups is 1. The molecule has 1 aliphatic heterocycles. The molecule has 1 atom stereocenters. The fourth-order valence-electron chi connectivity index (χ4n) is 4.84. The Morgan fingerprint density at radius 3 is 2.85 bits per heavy atom. The van der Waals surface area contributed by atoms with Crippen LogP contribution in [0.15, 0.2) is 35.5 Å². The molecule has 33 heavy (non-hydrogen) atoms. The van der Waals surface area contributed by atoms with Crippen molar-refractivity contribution in [2.75, 3.05) is 30.3 Å². The van der Waals surface area contributed by atoms with E-state index < -0.39 is 0 Å². The topological polar surface area (TPSA) is 139 Å². The number of nitrogen functional groups attached to an aromatic ring is 1. The van der Waals surface area contributed by atoms with E-state index in [1.807, 2.05) is 6.20 Å². The number of rotatable bonds is 4. The van der Waals surface area contributed by atoms with Crippen LogP contribution in [0.5, 0.6) is 5.75 Å². The third kappa shape index (κ3) is 4.16. The number of nitrogens with one attached hydrogen (secondary N) is 1. The van der Waals surface area contributed by atoms with E-state index in [0.717, 1.165) is 38.3 Å². The minimum atomic E-state index is 0.0434. The first-order valence-electron chi connectivity index (χ1n) is 11.4. The maximum atomic E-state index is 10.1. The summed E-state index contributed by atoms with van der Waals surface area (Å²) in [6.45, 7) is 7.30. The zero-order valence-electron chi connectivity index (χ0n) is 19.0. The van der Waals surface area contributed by atoms with Crippen LogP contribution in [0.25, 0.3) is 10.9 Å². The lowest BCUT2D eigenvalue weighted by Crippen LogP contribution is -2.49. The molecule has 5 rings (SSSR count). The number of aliphatic imine (C=N–C) groups is 1. The van der Waals surface area contributed by atoms with Gasteiger partial charge in [0, 0.05) is 43.2 Å². The molecule has 2 fully saturated rings. The number of hydrogen-bond acceptors (Lipinski definition) is 8. The predicted octanol–water partition coefficient (Wildman–Crippen LogP) is 2.60. The number of pyridine rings is 1. The van der Waals surface area contributed by atoms with Gasteiger partial charge < -0.3 is 26.8 Å². The van der Waals surface area contributed by atoms with Gasteiger partial charge in [0.15, 0.2) is 5.82 Å². The molecule has 3 aromatic rings. The number of benzene rings is 1. The quantitative estimate of drug-likeness (QED) is 0.354. The number of piperazine rings is 1. The lowest BCUT2D eigenvalue weighted by molar-refractivity contribution is 0.342. The van der Waals surface area contributed by atoms with Crippen molar-refractivity contribution < 1.29 is 5.11 Å². The predicted molar refractivity (Wildman–Crippen MR) is 131 cm³/mol. The average molecular weight is 447 g/mol. The molecule has 1 aliphatic carbocycles. The first kappa shape index (κ1) is 21.4. The van der Waals surface area contributed by atoms with Gasteiger partial charge in [-0.25, -0.2) is 15.0 Å². The smallest absolute Gasteiger partial charge is 0.222 e. The summed E-state index contributed by atoms with van der Waals surface area (Å²) in [5, 5.41) is 14.2. The summed E-state index contributed by atoms with van der Waals surface area (Å²) in [6, 6.07) is 7.84. The normalized spacial score (nSPS) is 23.5. The number of nitrogens with zero attached hydrogens (tertiary/aromatic N) is 5. The fourth-order valence-corrected chi connectivity index (χ4v) is 4.84. The number of aromatic nitrogens is 3. The number of nitrogens with two attached hydrogens (primary N) is 2. The minimum Gasteiger partial charge on any atom is -0.506 e. The highest BCUT2D eigenvalue weighted by Crippen LogP contribution is 2.43. The molecule has 0 spiro atoms. The van der Waals surface area contributed by atoms with E-state index in [4.69, 9.17) is 16.5 Å². The van der Waals surface area contributed by atoms with E-state index in [0.29, 0.717) is 34.5 Å². The van der Waals surface area contributed by atoms with Crippen molar-refractivity contribution in [3.63, 3.8) is 0 Å². The monoisotopic (exact) mass is 446 g/mol. The van der Waals surface area contributed by atoms with Crippen LogP contribution in [0.4, 0.5) is 17.6 Å². The third-order valence-electron chi connectivity index (χ3n) is 6.71. The Balaban J connectivity index is 1.30. The molecule has 0 amide bonds. The molecule has 0 bridgehead atoms. The minimum absolute atomic E-state index is 0.0434. The third-order valence-corrected chi connectivity index (χ3v) is 6.71. The lowest BCUT2D eigenvalue weighted by Gasteiger charge is -2.36. The van der Waals surface area contributed by atoms with E-state index >= 15 is 0 Å². The van der Waals surface area contributed by atoms with E-state index in [2.05, 4.69) is 45.1 Å². The number of anilines is 2. The standard InChI is InChI=1S/C24H30N8O/c1-13-8-17(11-28-23(13)32-7-6-27-14(2)12-32)15-9-16(10-15)21(25)30-22-18-4-3-5-19(33)20(18)29-24(26)31-22/h3-5,8,11,14-16,27,33H,6-7,9-10,12H2,1-2H3,(H4,25,26,29,30,31). The van der Waals surface area contributed by atoms with E-state index in [-0.39, 0.29) is 17.6 Å². The maximum Gasteiger partial charge on any atom is 0.222 e. The molecule has 9 nitrogen and oxygen atoms in total. The van der Waals surface area contributed by atoms with Crippen molar-refractivity contribution in [3.05, 3.63) is 41.6 Å². The number of phenolic OH excluding ortho intramolecular Hbond substituents is 1. The van der Waals surface area contributed by atoms with Crippen LogP contribution >= 0.6 is 0 Å². The summed E-state index contributed by atoms with van der Waals surface area (Å²) in [6.07, 6.45) is 3.86. The Morgan fingerprint density at radius 2 is 2.09 bits per heavy atom.